The van der Waals surface area contributed by atoms with Crippen LogP contribution < -0.4 is 10.1 Å². The molecule has 1 N–H and O–H groups in total. The summed E-state index contributed by atoms with van der Waals surface area (Å²) < 4.78 is 7.20. The highest BCUT2D eigenvalue weighted by Gasteiger charge is 2.33. The van der Waals surface area contributed by atoms with Gasteiger partial charge in [0.25, 0.3) is 11.8 Å². The van der Waals surface area contributed by atoms with Crippen LogP contribution in [0.5, 0.6) is 5.75 Å². The molecule has 0 saturated carbocycles. The molecule has 0 unspecified atom stereocenters. The fourth-order valence-electron chi connectivity index (χ4n) is 4.61. The number of para-hydroxylation sites is 1. The number of thiophene rings is 2. The Bertz CT molecular complexity index is 1680. The molecule has 0 saturated heterocycles. The van der Waals surface area contributed by atoms with Crippen molar-refractivity contribution in [3.05, 3.63) is 111 Å². The number of hydrazone groups is 1. The Balaban J connectivity index is 1.22. The predicted molar refractivity (Wildman–Crippen MR) is 166 cm³/mol. The second-order valence-corrected chi connectivity index (χ2v) is 12.1. The molecule has 0 radical (unpaired) electrons. The van der Waals surface area contributed by atoms with Crippen molar-refractivity contribution in [3.8, 4) is 11.4 Å². The number of carbonyl (C=O) groups is 2. The lowest BCUT2D eigenvalue weighted by Gasteiger charge is -2.22. The van der Waals surface area contributed by atoms with Gasteiger partial charge in [-0.25, -0.2) is 5.01 Å². The van der Waals surface area contributed by atoms with E-state index in [9.17, 15) is 9.59 Å². The Morgan fingerprint density at radius 2 is 1.76 bits per heavy atom. The van der Waals surface area contributed by atoms with Crippen molar-refractivity contribution in [1.29, 1.82) is 0 Å². The first-order valence-corrected chi connectivity index (χ1v) is 15.9. The van der Waals surface area contributed by atoms with E-state index < -0.39 is 0 Å². The highest BCUT2D eigenvalue weighted by molar-refractivity contribution is 7.99. The fraction of sp³-hybridized carbons (Fsp3) is 0.167. The highest BCUT2D eigenvalue weighted by Crippen LogP contribution is 2.35. The summed E-state index contributed by atoms with van der Waals surface area (Å²) in [6, 6.07) is 24.8. The number of amides is 2. The van der Waals surface area contributed by atoms with Crippen molar-refractivity contribution in [2.45, 2.75) is 24.2 Å². The number of rotatable bonds is 10. The van der Waals surface area contributed by atoms with Gasteiger partial charge >= 0.3 is 0 Å². The van der Waals surface area contributed by atoms with Gasteiger partial charge in [-0.1, -0.05) is 54.2 Å². The second-order valence-electron chi connectivity index (χ2n) is 9.27. The van der Waals surface area contributed by atoms with E-state index in [0.717, 1.165) is 27.6 Å². The van der Waals surface area contributed by atoms with Gasteiger partial charge in [-0.2, -0.15) is 5.10 Å². The average molecular weight is 615 g/mol. The Morgan fingerprint density at radius 1 is 0.976 bits per heavy atom. The average Bonchev–Trinajstić information content (AvgIpc) is 3.86. The van der Waals surface area contributed by atoms with Crippen LogP contribution in [0.3, 0.4) is 0 Å². The number of nitrogens with one attached hydrogen (secondary N) is 1. The predicted octanol–water partition coefficient (Wildman–Crippen LogP) is 5.80. The van der Waals surface area contributed by atoms with Crippen molar-refractivity contribution in [2.75, 3.05) is 12.9 Å². The van der Waals surface area contributed by atoms with Gasteiger partial charge in [0, 0.05) is 12.1 Å². The van der Waals surface area contributed by atoms with Gasteiger partial charge in [0.15, 0.2) is 11.0 Å². The molecule has 0 aliphatic carbocycles. The first-order valence-electron chi connectivity index (χ1n) is 13.1. The Hall–Kier alpha value is -4.26. The van der Waals surface area contributed by atoms with Crippen LogP contribution in [0, 0.1) is 0 Å². The number of carbonyl (C=O) groups excluding carboxylic acids is 2. The quantitative estimate of drug-likeness (QED) is 0.200. The molecule has 2 aromatic carbocycles. The van der Waals surface area contributed by atoms with Crippen molar-refractivity contribution in [3.63, 3.8) is 0 Å². The SMILES string of the molecule is COc1ccc([C@H]2CC(c3cccs3)=NN2C(=O)CSc2nnc(CNC(=O)c3cccs3)n2-c2ccccc2)cc1. The molecule has 0 spiro atoms. The summed E-state index contributed by atoms with van der Waals surface area (Å²) in [5.74, 6) is 1.13. The zero-order valence-electron chi connectivity index (χ0n) is 22.5. The van der Waals surface area contributed by atoms with Crippen LogP contribution in [0.1, 0.15) is 38.4 Å². The molecule has 12 heteroatoms. The Morgan fingerprint density at radius 3 is 2.48 bits per heavy atom. The summed E-state index contributed by atoms with van der Waals surface area (Å²) in [6.45, 7) is 0.188. The zero-order valence-corrected chi connectivity index (χ0v) is 25.0. The summed E-state index contributed by atoms with van der Waals surface area (Å²) in [5.41, 5.74) is 2.72. The molecule has 1 aliphatic heterocycles. The monoisotopic (exact) mass is 614 g/mol. The van der Waals surface area contributed by atoms with Crippen molar-refractivity contribution < 1.29 is 14.3 Å². The molecule has 2 amide bonds. The summed E-state index contributed by atoms with van der Waals surface area (Å²) in [4.78, 5) is 27.9. The van der Waals surface area contributed by atoms with E-state index in [1.54, 1.807) is 29.5 Å². The molecule has 1 aliphatic rings. The second kappa shape index (κ2) is 12.7. The van der Waals surface area contributed by atoms with Gasteiger partial charge in [-0.15, -0.1) is 32.9 Å². The molecular weight excluding hydrogens is 589 g/mol. The Labute approximate surface area is 254 Å². The normalized spacial score (nSPS) is 14.5. The zero-order chi connectivity index (χ0) is 28.9. The van der Waals surface area contributed by atoms with Gasteiger partial charge in [0.2, 0.25) is 0 Å². The lowest BCUT2D eigenvalue weighted by molar-refractivity contribution is -0.130. The number of nitrogens with zero attached hydrogens (tertiary/aromatic N) is 5. The van der Waals surface area contributed by atoms with Crippen LogP contribution in [0.25, 0.3) is 5.69 Å². The first-order chi connectivity index (χ1) is 20.6. The van der Waals surface area contributed by atoms with Crippen LogP contribution in [-0.2, 0) is 11.3 Å². The maximum Gasteiger partial charge on any atom is 0.261 e. The van der Waals surface area contributed by atoms with E-state index >= 15 is 0 Å². The van der Waals surface area contributed by atoms with E-state index in [1.807, 2.05) is 88.1 Å². The van der Waals surface area contributed by atoms with E-state index in [1.165, 1.54) is 23.1 Å². The largest absolute Gasteiger partial charge is 0.497 e. The molecule has 0 fully saturated rings. The molecule has 42 heavy (non-hydrogen) atoms. The lowest BCUT2D eigenvalue weighted by Crippen LogP contribution is -2.28. The van der Waals surface area contributed by atoms with Gasteiger partial charge in [-0.05, 0) is 52.7 Å². The van der Waals surface area contributed by atoms with E-state index in [-0.39, 0.29) is 30.2 Å². The number of benzene rings is 2. The highest BCUT2D eigenvalue weighted by atomic mass is 32.2. The molecule has 6 rings (SSSR count). The molecule has 4 heterocycles. The minimum Gasteiger partial charge on any atom is -0.497 e. The van der Waals surface area contributed by atoms with Crippen LogP contribution >= 0.6 is 34.4 Å². The molecule has 1 atom stereocenters. The standard InChI is InChI=1S/C30H26N6O3S3/c1-39-22-13-11-20(12-14-22)24-17-23(25-9-5-15-40-25)34-36(24)28(37)19-42-30-33-32-27(35(30)21-7-3-2-4-8-21)18-31-29(38)26-10-6-16-41-26/h2-16,24H,17-19H2,1H3,(H,31,38)/t24-/m1/s1. The number of ether oxygens (including phenoxy) is 1. The van der Waals surface area contributed by atoms with Crippen molar-refractivity contribution in [1.82, 2.24) is 25.1 Å². The van der Waals surface area contributed by atoms with Crippen LogP contribution in [0.2, 0.25) is 0 Å². The van der Waals surface area contributed by atoms with Crippen molar-refractivity contribution >= 4 is 52.0 Å². The molecule has 212 valence electrons. The molecule has 9 nitrogen and oxygen atoms in total. The number of thioether (sulfide) groups is 1. The van der Waals surface area contributed by atoms with Crippen LogP contribution in [0.15, 0.2) is 99.9 Å². The molecule has 0 bridgehead atoms. The number of hydrogen-bond donors (Lipinski definition) is 1. The van der Waals surface area contributed by atoms with E-state index in [4.69, 9.17) is 9.84 Å². The molecule has 5 aromatic rings. The smallest absolute Gasteiger partial charge is 0.261 e. The third-order valence-corrected chi connectivity index (χ3v) is 9.36. The van der Waals surface area contributed by atoms with Gasteiger partial charge in [0.1, 0.15) is 5.75 Å². The maximum absolute atomic E-state index is 13.7. The first kappa shape index (κ1) is 27.9. The number of methoxy groups -OCH3 is 1. The minimum atomic E-state index is -0.226. The number of aromatic nitrogens is 3. The van der Waals surface area contributed by atoms with Gasteiger partial charge in [-0.3, -0.25) is 14.2 Å². The molecule has 3 aromatic heterocycles. The van der Waals surface area contributed by atoms with Gasteiger partial charge < -0.3 is 10.1 Å². The van der Waals surface area contributed by atoms with E-state index in [0.29, 0.717) is 22.3 Å². The van der Waals surface area contributed by atoms with Crippen molar-refractivity contribution in [2.24, 2.45) is 5.10 Å². The lowest BCUT2D eigenvalue weighted by atomic mass is 10.0. The summed E-state index contributed by atoms with van der Waals surface area (Å²) >= 11 is 4.28. The summed E-state index contributed by atoms with van der Waals surface area (Å²) in [5, 5.41) is 22.5. The number of hydrogen-bond acceptors (Lipinski definition) is 9. The third kappa shape index (κ3) is 6.01. The Kier molecular flexibility index (Phi) is 8.45. The van der Waals surface area contributed by atoms with E-state index in [2.05, 4.69) is 15.5 Å². The third-order valence-electron chi connectivity index (χ3n) is 6.66. The van der Waals surface area contributed by atoms with Gasteiger partial charge in [0.05, 0.1) is 40.9 Å². The topological polar surface area (TPSA) is 102 Å². The fourth-order valence-corrected chi connectivity index (χ4v) is 6.79. The summed E-state index contributed by atoms with van der Waals surface area (Å²) in [6.07, 6.45) is 0.623. The maximum atomic E-state index is 13.7. The van der Waals surface area contributed by atoms with Crippen LogP contribution in [0.4, 0.5) is 0 Å². The molecular formula is C30H26N6O3S3. The minimum absolute atomic E-state index is 0.112. The van der Waals surface area contributed by atoms with Crippen LogP contribution in [-0.4, -0.2) is 50.2 Å². The summed E-state index contributed by atoms with van der Waals surface area (Å²) in [7, 11) is 1.63.